The number of benzene rings is 2. The van der Waals surface area contributed by atoms with Gasteiger partial charge in [-0.2, -0.15) is 0 Å². The van der Waals surface area contributed by atoms with Crippen LogP contribution in [-0.4, -0.2) is 80.1 Å². The van der Waals surface area contributed by atoms with Crippen LogP contribution < -0.4 is 21.7 Å². The zero-order valence-corrected chi connectivity index (χ0v) is 31.3. The first kappa shape index (κ1) is 37.9. The zero-order chi connectivity index (χ0) is 39.2. The lowest BCUT2D eigenvalue weighted by atomic mass is 10.2. The number of rotatable bonds is 8. The van der Waals surface area contributed by atoms with Crippen LogP contribution in [0.1, 0.15) is 21.0 Å². The van der Waals surface area contributed by atoms with E-state index in [0.29, 0.717) is 66.8 Å². The average molecular weight is 782 g/mol. The molecule has 1 amide bonds. The molecule has 0 atom stereocenters. The Morgan fingerprint density at radius 1 is 0.691 bits per heavy atom. The third-order valence-electron chi connectivity index (χ3n) is 7.82. The summed E-state index contributed by atoms with van der Waals surface area (Å²) >= 11 is 12.6. The number of amides is 1. The zero-order valence-electron chi connectivity index (χ0n) is 29.8. The van der Waals surface area contributed by atoms with Gasteiger partial charge in [-0.3, -0.25) is 4.79 Å². The molecule has 0 saturated heterocycles. The molecule has 2 aromatic carbocycles. The van der Waals surface area contributed by atoms with E-state index < -0.39 is 5.97 Å². The maximum Gasteiger partial charge on any atom is 0.352 e. The second-order valence-electron chi connectivity index (χ2n) is 11.7. The monoisotopic (exact) mass is 780 g/mol. The molecule has 0 radical (unpaired) electrons. The number of carboxylic acid groups (broad SMARTS) is 1. The minimum absolute atomic E-state index is 0.0763. The highest BCUT2D eigenvalue weighted by molar-refractivity contribution is 6.36. The second-order valence-corrected chi connectivity index (χ2v) is 12.5. The highest BCUT2D eigenvalue weighted by Crippen LogP contribution is 2.31. The first-order valence-corrected chi connectivity index (χ1v) is 17.1. The Hall–Kier alpha value is -6.82. The summed E-state index contributed by atoms with van der Waals surface area (Å²) in [5, 5.41) is 20.3. The number of hydrogen-bond donors (Lipinski definition) is 7. The van der Waals surface area contributed by atoms with Crippen molar-refractivity contribution in [1.82, 2.24) is 54.3 Å². The number of halogens is 2. The standard InChI is InChI=1S/C18H16ClN7O.C17H13ClN6O2.CH5N/c1-20-17(27)14-6-10-5-11(7-12(19)16(10)24-14)23-18-21-4-3-13(25-18)15-8-26(2)9-22-15;1-24-7-14(20-8-24)12-2-3-19-17(23-12)21-10-4-9-5-13(16(25)26)22-15(9)11(18)6-10;1-2/h3-9,24H,1-2H3,(H,20,27)(H,21,23,25);2-8,22H,1H3,(H,25,26)(H,19,21,23);2H2,1H3. The lowest BCUT2D eigenvalue weighted by Crippen LogP contribution is -2.17. The molecular weight excluding hydrogens is 747 g/mol. The normalized spacial score (nSPS) is 10.7. The molecule has 17 nitrogen and oxygen atoms in total. The van der Waals surface area contributed by atoms with E-state index in [1.54, 1.807) is 68.5 Å². The van der Waals surface area contributed by atoms with Gasteiger partial charge in [0.05, 0.1) is 45.1 Å². The molecule has 0 aliphatic carbocycles. The number of imidazole rings is 2. The summed E-state index contributed by atoms with van der Waals surface area (Å²) in [5.41, 5.74) is 10.5. The molecule has 8 rings (SSSR count). The molecule has 0 spiro atoms. The molecule has 0 unspecified atom stereocenters. The van der Waals surface area contributed by atoms with Crippen molar-refractivity contribution in [3.63, 3.8) is 0 Å². The van der Waals surface area contributed by atoms with E-state index >= 15 is 0 Å². The van der Waals surface area contributed by atoms with E-state index in [2.05, 4.69) is 61.6 Å². The van der Waals surface area contributed by atoms with Gasteiger partial charge in [0.15, 0.2) is 0 Å². The third kappa shape index (κ3) is 8.71. The number of carbonyl (C=O) groups is 2. The topological polar surface area (TPSA) is 235 Å². The minimum atomic E-state index is -1.04. The van der Waals surface area contributed by atoms with Gasteiger partial charge >= 0.3 is 5.97 Å². The Morgan fingerprint density at radius 3 is 1.56 bits per heavy atom. The molecule has 0 saturated carbocycles. The number of nitrogens with zero attached hydrogens (tertiary/aromatic N) is 8. The van der Waals surface area contributed by atoms with Crippen LogP contribution in [0.4, 0.5) is 23.3 Å². The molecule has 19 heteroatoms. The van der Waals surface area contributed by atoms with E-state index in [9.17, 15) is 9.59 Å². The molecule has 6 aromatic heterocycles. The summed E-state index contributed by atoms with van der Waals surface area (Å²) in [6.07, 6.45) is 10.5. The quantitative estimate of drug-likeness (QED) is 0.0921. The smallest absolute Gasteiger partial charge is 0.352 e. The SMILES string of the molecule is CN.CNC(=O)c1cc2cc(Nc3nccc(-c4cn(C)cn4)n3)cc(Cl)c2[nH]1.Cn1cnc(-c2ccnc(Nc3cc(Cl)c4[nH]c(C(=O)O)cc4c3)n2)c1. The number of carbonyl (C=O) groups excluding carboxylic acids is 1. The summed E-state index contributed by atoms with van der Waals surface area (Å²) in [7, 11) is 6.86. The van der Waals surface area contributed by atoms with Crippen molar-refractivity contribution >= 4 is 80.2 Å². The van der Waals surface area contributed by atoms with Gasteiger partial charge in [0.25, 0.3) is 5.91 Å². The number of fused-ring (bicyclic) bond motifs is 2. The van der Waals surface area contributed by atoms with E-state index in [0.717, 1.165) is 16.8 Å². The highest BCUT2D eigenvalue weighted by Gasteiger charge is 2.14. The average Bonchev–Trinajstić information content (AvgIpc) is 4.00. The van der Waals surface area contributed by atoms with Crippen LogP contribution in [0.25, 0.3) is 44.6 Å². The number of hydrogen-bond acceptors (Lipinski definition) is 11. The Balaban J connectivity index is 0.000000179. The minimum Gasteiger partial charge on any atom is -0.477 e. The van der Waals surface area contributed by atoms with Crippen LogP contribution in [0.15, 0.2) is 86.0 Å². The summed E-state index contributed by atoms with van der Waals surface area (Å²) in [6.45, 7) is 0. The van der Waals surface area contributed by atoms with Gasteiger partial charge in [-0.1, -0.05) is 23.2 Å². The van der Waals surface area contributed by atoms with Crippen LogP contribution >= 0.6 is 23.2 Å². The molecule has 55 heavy (non-hydrogen) atoms. The van der Waals surface area contributed by atoms with E-state index in [1.165, 1.54) is 13.1 Å². The largest absolute Gasteiger partial charge is 0.477 e. The molecule has 0 aliphatic heterocycles. The van der Waals surface area contributed by atoms with Crippen LogP contribution in [0.5, 0.6) is 0 Å². The molecular formula is C36H34Cl2N14O3. The van der Waals surface area contributed by atoms with E-state index in [1.807, 2.05) is 41.7 Å². The molecule has 6 heterocycles. The fourth-order valence-electron chi connectivity index (χ4n) is 5.39. The van der Waals surface area contributed by atoms with Gasteiger partial charge in [-0.15, -0.1) is 0 Å². The maximum absolute atomic E-state index is 11.8. The number of nitrogens with one attached hydrogen (secondary N) is 5. The number of anilines is 4. The Bertz CT molecular complexity index is 2650. The molecule has 8 N–H and O–H groups in total. The molecule has 8 aromatic rings. The number of aromatic amines is 2. The van der Waals surface area contributed by atoms with Gasteiger partial charge in [0.1, 0.15) is 22.8 Å². The van der Waals surface area contributed by atoms with Crippen LogP contribution in [0.2, 0.25) is 10.0 Å². The summed E-state index contributed by atoms with van der Waals surface area (Å²) in [6, 6.07) is 13.9. The molecule has 0 bridgehead atoms. The lowest BCUT2D eigenvalue weighted by Gasteiger charge is -2.07. The van der Waals surface area contributed by atoms with Crippen LogP contribution in [0.3, 0.4) is 0 Å². The van der Waals surface area contributed by atoms with Crippen molar-refractivity contribution in [3.8, 4) is 22.8 Å². The Labute approximate surface area is 323 Å². The number of nitrogens with two attached hydrogens (primary N) is 1. The molecule has 280 valence electrons. The number of aromatic carboxylic acids is 1. The second kappa shape index (κ2) is 16.5. The predicted octanol–water partition coefficient (Wildman–Crippen LogP) is 6.14. The third-order valence-corrected chi connectivity index (χ3v) is 8.42. The van der Waals surface area contributed by atoms with E-state index in [-0.39, 0.29) is 11.6 Å². The van der Waals surface area contributed by atoms with Crippen LogP contribution in [-0.2, 0) is 14.1 Å². The lowest BCUT2D eigenvalue weighted by molar-refractivity contribution is 0.0691. The van der Waals surface area contributed by atoms with E-state index in [4.69, 9.17) is 28.3 Å². The maximum atomic E-state index is 11.8. The van der Waals surface area contributed by atoms with Gasteiger partial charge in [0.2, 0.25) is 11.9 Å². The van der Waals surface area contributed by atoms with Crippen molar-refractivity contribution in [2.75, 3.05) is 24.7 Å². The first-order valence-electron chi connectivity index (χ1n) is 16.4. The molecule has 0 aliphatic rings. The predicted molar refractivity (Wildman–Crippen MR) is 212 cm³/mol. The fraction of sp³-hybridized carbons (Fsp3) is 0.111. The summed E-state index contributed by atoms with van der Waals surface area (Å²) < 4.78 is 3.69. The highest BCUT2D eigenvalue weighted by atomic mass is 35.5. The van der Waals surface area contributed by atoms with Crippen molar-refractivity contribution in [1.29, 1.82) is 0 Å². The number of aryl methyl sites for hydroxylation is 2. The number of H-pyrrole nitrogens is 2. The van der Waals surface area contributed by atoms with Crippen molar-refractivity contribution in [3.05, 3.63) is 107 Å². The Kier molecular flexibility index (Phi) is 11.4. The van der Waals surface area contributed by atoms with Crippen molar-refractivity contribution in [2.24, 2.45) is 19.8 Å². The van der Waals surface area contributed by atoms with Crippen molar-refractivity contribution < 1.29 is 14.7 Å². The van der Waals surface area contributed by atoms with Crippen LogP contribution in [0, 0.1) is 0 Å². The number of carboxylic acids is 1. The van der Waals surface area contributed by atoms with Gasteiger partial charge in [-0.25, -0.2) is 34.7 Å². The van der Waals surface area contributed by atoms with Gasteiger partial charge in [-0.05, 0) is 55.6 Å². The summed E-state index contributed by atoms with van der Waals surface area (Å²) in [5.74, 6) is -0.436. The summed E-state index contributed by atoms with van der Waals surface area (Å²) in [4.78, 5) is 54.7. The van der Waals surface area contributed by atoms with Gasteiger partial charge < -0.3 is 45.9 Å². The number of aromatic nitrogens is 10. The van der Waals surface area contributed by atoms with Gasteiger partial charge in [0, 0.05) is 68.1 Å². The fourth-order valence-corrected chi connectivity index (χ4v) is 5.94. The van der Waals surface area contributed by atoms with Crippen molar-refractivity contribution in [2.45, 2.75) is 0 Å². The first-order chi connectivity index (χ1) is 26.5. The Morgan fingerprint density at radius 2 is 1.15 bits per heavy atom. The molecule has 0 fully saturated rings.